The molecule has 0 bridgehead atoms. The van der Waals surface area contributed by atoms with Crippen LogP contribution in [0.4, 0.5) is 17.8 Å². The van der Waals surface area contributed by atoms with Gasteiger partial charge in [0.1, 0.15) is 0 Å². The van der Waals surface area contributed by atoms with Crippen molar-refractivity contribution in [3.05, 3.63) is 0 Å². The zero-order chi connectivity index (χ0) is 14.5. The Balaban J connectivity index is 1.66. The first-order chi connectivity index (χ1) is 10.3. The number of nitrogens with two attached hydrogens (primary N) is 1. The molecule has 0 radical (unpaired) electrons. The largest absolute Gasteiger partial charge is 0.376 e. The van der Waals surface area contributed by atoms with E-state index in [0.29, 0.717) is 44.2 Å². The van der Waals surface area contributed by atoms with Crippen LogP contribution in [0.25, 0.3) is 0 Å². The number of anilines is 3. The van der Waals surface area contributed by atoms with Crippen molar-refractivity contribution in [1.82, 2.24) is 15.0 Å². The van der Waals surface area contributed by atoms with Gasteiger partial charge in [0.15, 0.2) is 0 Å². The number of rotatable bonds is 5. The summed E-state index contributed by atoms with van der Waals surface area (Å²) in [5, 5.41) is 3.16. The SMILES string of the molecule is NNc1nc(NCC2COCCO2)nc(N2CCCC2)n1. The molecule has 1 unspecified atom stereocenters. The molecule has 1 atom stereocenters. The highest BCUT2D eigenvalue weighted by molar-refractivity contribution is 5.43. The van der Waals surface area contributed by atoms with Crippen molar-refractivity contribution in [2.45, 2.75) is 18.9 Å². The number of hydrazine groups is 1. The molecule has 0 amide bonds. The Bertz CT molecular complexity index is 461. The summed E-state index contributed by atoms with van der Waals surface area (Å²) in [5.41, 5.74) is 2.48. The fourth-order valence-corrected chi connectivity index (χ4v) is 2.43. The Kier molecular flexibility index (Phi) is 4.63. The summed E-state index contributed by atoms with van der Waals surface area (Å²) in [6.45, 7) is 4.38. The van der Waals surface area contributed by atoms with Gasteiger partial charge in [0.05, 0.1) is 25.9 Å². The van der Waals surface area contributed by atoms with E-state index in [9.17, 15) is 0 Å². The molecule has 3 rings (SSSR count). The van der Waals surface area contributed by atoms with E-state index in [1.54, 1.807) is 0 Å². The molecule has 2 fully saturated rings. The van der Waals surface area contributed by atoms with Gasteiger partial charge < -0.3 is 19.7 Å². The molecule has 21 heavy (non-hydrogen) atoms. The summed E-state index contributed by atoms with van der Waals surface area (Å²) in [7, 11) is 0. The molecule has 9 nitrogen and oxygen atoms in total. The summed E-state index contributed by atoms with van der Waals surface area (Å²) in [4.78, 5) is 15.1. The van der Waals surface area contributed by atoms with Gasteiger partial charge in [-0.1, -0.05) is 0 Å². The van der Waals surface area contributed by atoms with Crippen molar-refractivity contribution in [3.63, 3.8) is 0 Å². The van der Waals surface area contributed by atoms with Gasteiger partial charge in [-0.15, -0.1) is 0 Å². The third-order valence-electron chi connectivity index (χ3n) is 3.51. The summed E-state index contributed by atoms with van der Waals surface area (Å²) in [6, 6.07) is 0. The van der Waals surface area contributed by atoms with E-state index in [-0.39, 0.29) is 6.10 Å². The molecular weight excluding hydrogens is 274 g/mol. The number of nitrogen functional groups attached to an aromatic ring is 1. The first-order valence-corrected chi connectivity index (χ1v) is 7.26. The first kappa shape index (κ1) is 14.2. The lowest BCUT2D eigenvalue weighted by atomic mass is 10.3. The normalized spacial score (nSPS) is 22.3. The maximum atomic E-state index is 5.58. The molecule has 9 heteroatoms. The minimum Gasteiger partial charge on any atom is -0.376 e. The Morgan fingerprint density at radius 2 is 1.95 bits per heavy atom. The molecule has 116 valence electrons. The highest BCUT2D eigenvalue weighted by Crippen LogP contribution is 2.18. The standard InChI is InChI=1S/C12H21N7O2/c13-18-11-15-10(14-7-9-8-20-5-6-21-9)16-12(17-11)19-3-1-2-4-19/h9H,1-8,13H2,(H2,14,15,16,17,18). The molecule has 0 aromatic carbocycles. The molecule has 2 saturated heterocycles. The van der Waals surface area contributed by atoms with E-state index >= 15 is 0 Å². The zero-order valence-corrected chi connectivity index (χ0v) is 11.9. The molecule has 4 N–H and O–H groups in total. The van der Waals surface area contributed by atoms with Gasteiger partial charge in [0.25, 0.3) is 0 Å². The molecule has 0 saturated carbocycles. The highest BCUT2D eigenvalue weighted by atomic mass is 16.6. The molecule has 3 heterocycles. The zero-order valence-electron chi connectivity index (χ0n) is 11.9. The van der Waals surface area contributed by atoms with Crippen molar-refractivity contribution in [2.75, 3.05) is 55.1 Å². The van der Waals surface area contributed by atoms with Gasteiger partial charge in [0.2, 0.25) is 17.8 Å². The second-order valence-corrected chi connectivity index (χ2v) is 5.07. The lowest BCUT2D eigenvalue weighted by molar-refractivity contribution is -0.0819. The topological polar surface area (TPSA) is 110 Å². The number of nitrogens with one attached hydrogen (secondary N) is 2. The Labute approximate surface area is 123 Å². The Hall–Kier alpha value is -1.71. The van der Waals surface area contributed by atoms with E-state index in [1.807, 2.05) is 0 Å². The summed E-state index contributed by atoms with van der Waals surface area (Å²) >= 11 is 0. The highest BCUT2D eigenvalue weighted by Gasteiger charge is 2.18. The van der Waals surface area contributed by atoms with E-state index in [4.69, 9.17) is 15.3 Å². The third-order valence-corrected chi connectivity index (χ3v) is 3.51. The van der Waals surface area contributed by atoms with Crippen molar-refractivity contribution in [3.8, 4) is 0 Å². The molecule has 0 aliphatic carbocycles. The number of ether oxygens (including phenoxy) is 2. The lowest BCUT2D eigenvalue weighted by Crippen LogP contribution is -2.34. The smallest absolute Gasteiger partial charge is 0.243 e. The predicted octanol–water partition coefficient (Wildman–Crippen LogP) is -0.415. The van der Waals surface area contributed by atoms with E-state index < -0.39 is 0 Å². The second kappa shape index (κ2) is 6.83. The van der Waals surface area contributed by atoms with Gasteiger partial charge in [-0.05, 0) is 12.8 Å². The van der Waals surface area contributed by atoms with Crippen LogP contribution in [-0.4, -0.2) is 60.5 Å². The number of hydrogen-bond acceptors (Lipinski definition) is 9. The van der Waals surface area contributed by atoms with Crippen LogP contribution >= 0.6 is 0 Å². The molecule has 2 aliphatic rings. The van der Waals surface area contributed by atoms with Crippen LogP contribution in [0.15, 0.2) is 0 Å². The second-order valence-electron chi connectivity index (χ2n) is 5.07. The van der Waals surface area contributed by atoms with E-state index in [1.165, 1.54) is 0 Å². The molecular formula is C12H21N7O2. The quantitative estimate of drug-likeness (QED) is 0.493. The van der Waals surface area contributed by atoms with Crippen LogP contribution in [0, 0.1) is 0 Å². The van der Waals surface area contributed by atoms with Crippen molar-refractivity contribution in [1.29, 1.82) is 0 Å². The van der Waals surface area contributed by atoms with Gasteiger partial charge in [0, 0.05) is 19.6 Å². The van der Waals surface area contributed by atoms with E-state index in [2.05, 4.69) is 30.6 Å². The summed E-state index contributed by atoms with van der Waals surface area (Å²) in [6.07, 6.45) is 2.33. The van der Waals surface area contributed by atoms with E-state index in [0.717, 1.165) is 25.9 Å². The van der Waals surface area contributed by atoms with Crippen LogP contribution < -0.4 is 21.5 Å². The minimum absolute atomic E-state index is 0.0139. The lowest BCUT2D eigenvalue weighted by Gasteiger charge is -2.23. The fourth-order valence-electron chi connectivity index (χ4n) is 2.43. The maximum absolute atomic E-state index is 5.58. The number of nitrogens with zero attached hydrogens (tertiary/aromatic N) is 4. The minimum atomic E-state index is 0.0139. The predicted molar refractivity (Wildman–Crippen MR) is 78.1 cm³/mol. The van der Waals surface area contributed by atoms with Gasteiger partial charge >= 0.3 is 0 Å². The average molecular weight is 295 g/mol. The van der Waals surface area contributed by atoms with Crippen molar-refractivity contribution < 1.29 is 9.47 Å². The Morgan fingerprint density at radius 1 is 1.14 bits per heavy atom. The van der Waals surface area contributed by atoms with Crippen LogP contribution in [-0.2, 0) is 9.47 Å². The van der Waals surface area contributed by atoms with Crippen LogP contribution in [0.3, 0.4) is 0 Å². The van der Waals surface area contributed by atoms with Crippen molar-refractivity contribution >= 4 is 17.8 Å². The van der Waals surface area contributed by atoms with Gasteiger partial charge in [-0.3, -0.25) is 5.43 Å². The average Bonchev–Trinajstić information content (AvgIpc) is 3.08. The Morgan fingerprint density at radius 3 is 2.67 bits per heavy atom. The van der Waals surface area contributed by atoms with Crippen LogP contribution in [0.2, 0.25) is 0 Å². The summed E-state index contributed by atoms with van der Waals surface area (Å²) in [5.74, 6) is 6.93. The molecule has 1 aromatic heterocycles. The molecule has 0 spiro atoms. The van der Waals surface area contributed by atoms with Gasteiger partial charge in [-0.25, -0.2) is 5.84 Å². The summed E-state index contributed by atoms with van der Waals surface area (Å²) < 4.78 is 10.9. The molecule has 2 aliphatic heterocycles. The van der Waals surface area contributed by atoms with Crippen LogP contribution in [0.1, 0.15) is 12.8 Å². The molecule has 1 aromatic rings. The fraction of sp³-hybridized carbons (Fsp3) is 0.750. The number of hydrogen-bond donors (Lipinski definition) is 3. The third kappa shape index (κ3) is 3.69. The van der Waals surface area contributed by atoms with Gasteiger partial charge in [-0.2, -0.15) is 15.0 Å². The van der Waals surface area contributed by atoms with Crippen LogP contribution in [0.5, 0.6) is 0 Å². The van der Waals surface area contributed by atoms with Crippen molar-refractivity contribution in [2.24, 2.45) is 5.84 Å². The maximum Gasteiger partial charge on any atom is 0.243 e. The monoisotopic (exact) mass is 295 g/mol. The number of aromatic nitrogens is 3. The first-order valence-electron chi connectivity index (χ1n) is 7.26.